The van der Waals surface area contributed by atoms with Crippen molar-refractivity contribution in [2.24, 2.45) is 0 Å². The molecule has 1 aliphatic heterocycles. The zero-order chi connectivity index (χ0) is 20.4. The lowest BCUT2D eigenvalue weighted by molar-refractivity contribution is 0.0650. The van der Waals surface area contributed by atoms with Crippen molar-refractivity contribution in [3.05, 3.63) is 81.8 Å². The normalized spacial score (nSPS) is 13.0. The Morgan fingerprint density at radius 2 is 1.55 bits per heavy atom. The van der Waals surface area contributed by atoms with Gasteiger partial charge in [-0.05, 0) is 42.5 Å². The lowest BCUT2D eigenvalue weighted by atomic mass is 10.1. The Morgan fingerprint density at radius 1 is 0.897 bits per heavy atom. The van der Waals surface area contributed by atoms with Gasteiger partial charge < -0.3 is 10.3 Å². The van der Waals surface area contributed by atoms with Crippen LogP contribution in [-0.4, -0.2) is 40.7 Å². The molecule has 0 saturated carbocycles. The maximum atomic E-state index is 12.3. The zero-order valence-corrected chi connectivity index (χ0v) is 15.6. The van der Waals surface area contributed by atoms with Gasteiger partial charge in [-0.1, -0.05) is 30.3 Å². The average molecular weight is 389 g/mol. The van der Waals surface area contributed by atoms with Gasteiger partial charge in [0.05, 0.1) is 11.1 Å². The van der Waals surface area contributed by atoms with E-state index in [1.165, 1.54) is 4.90 Å². The summed E-state index contributed by atoms with van der Waals surface area (Å²) in [5, 5.41) is 3.99. The number of H-pyrrole nitrogens is 1. The Hall–Kier alpha value is -3.74. The molecule has 0 saturated heterocycles. The van der Waals surface area contributed by atoms with E-state index in [4.69, 9.17) is 0 Å². The molecule has 0 unspecified atom stereocenters. The number of nitrogens with zero attached hydrogens (tertiary/aromatic N) is 1. The minimum atomic E-state index is -0.367. The number of benzene rings is 2. The smallest absolute Gasteiger partial charge is 0.267 e. The Morgan fingerprint density at radius 3 is 2.28 bits per heavy atom. The van der Waals surface area contributed by atoms with Crippen LogP contribution in [0.2, 0.25) is 0 Å². The van der Waals surface area contributed by atoms with Gasteiger partial charge in [0.1, 0.15) is 5.69 Å². The fourth-order valence-electron chi connectivity index (χ4n) is 3.47. The Bertz CT molecular complexity index is 1150. The molecule has 3 aromatic rings. The number of carbonyl (C=O) groups is 3. The summed E-state index contributed by atoms with van der Waals surface area (Å²) in [7, 11) is 0. The summed E-state index contributed by atoms with van der Waals surface area (Å²) in [4.78, 5) is 52.8. The van der Waals surface area contributed by atoms with Crippen molar-refractivity contribution in [2.45, 2.75) is 12.8 Å². The molecule has 0 bridgehead atoms. The third kappa shape index (κ3) is 3.54. The van der Waals surface area contributed by atoms with Gasteiger partial charge in [0, 0.05) is 18.5 Å². The number of fused-ring (bicyclic) bond motifs is 2. The molecule has 1 aromatic heterocycles. The number of aromatic nitrogens is 1. The van der Waals surface area contributed by atoms with Crippen LogP contribution in [0.15, 0.2) is 59.4 Å². The van der Waals surface area contributed by atoms with Crippen molar-refractivity contribution in [2.75, 3.05) is 13.1 Å². The average Bonchev–Trinajstić information content (AvgIpc) is 2.98. The lowest BCUT2D eigenvalue weighted by Gasteiger charge is -2.13. The van der Waals surface area contributed by atoms with Gasteiger partial charge in [0.15, 0.2) is 0 Å². The second-order valence-corrected chi connectivity index (χ2v) is 6.87. The molecule has 4 rings (SSSR count). The van der Waals surface area contributed by atoms with E-state index in [0.29, 0.717) is 47.8 Å². The third-order valence-electron chi connectivity index (χ3n) is 4.97. The predicted molar refractivity (Wildman–Crippen MR) is 108 cm³/mol. The number of aromatic amines is 1. The highest BCUT2D eigenvalue weighted by molar-refractivity contribution is 6.21. The van der Waals surface area contributed by atoms with Crippen LogP contribution in [0, 0.1) is 0 Å². The molecular formula is C22H19N3O4. The van der Waals surface area contributed by atoms with Gasteiger partial charge in [-0.25, -0.2) is 0 Å². The highest BCUT2D eigenvalue weighted by Gasteiger charge is 2.34. The summed E-state index contributed by atoms with van der Waals surface area (Å²) in [6, 6.07) is 15.5. The van der Waals surface area contributed by atoms with Gasteiger partial charge in [-0.15, -0.1) is 0 Å². The Kier molecular flexibility index (Phi) is 4.95. The van der Waals surface area contributed by atoms with Crippen molar-refractivity contribution in [3.8, 4) is 0 Å². The van der Waals surface area contributed by atoms with E-state index in [-0.39, 0.29) is 29.0 Å². The van der Waals surface area contributed by atoms with E-state index in [1.807, 2.05) is 6.07 Å². The Balaban J connectivity index is 1.29. The summed E-state index contributed by atoms with van der Waals surface area (Å²) in [6.45, 7) is 0.673. The molecule has 0 spiro atoms. The van der Waals surface area contributed by atoms with Crippen molar-refractivity contribution in [1.29, 1.82) is 0 Å². The fourth-order valence-corrected chi connectivity index (χ4v) is 3.47. The van der Waals surface area contributed by atoms with Crippen molar-refractivity contribution in [3.63, 3.8) is 0 Å². The molecule has 0 radical (unpaired) electrons. The standard InChI is InChI=1S/C22H19N3O4/c26-19-15-8-2-1-7-14(15)13-18(24-19)20(27)23-11-5-6-12-25-21(28)16-9-3-4-10-17(16)22(25)29/h1-4,7-10,13H,5-6,11-12H2,(H,23,27)(H,24,26). The van der Waals surface area contributed by atoms with Gasteiger partial charge in [-0.3, -0.25) is 24.1 Å². The quantitative estimate of drug-likeness (QED) is 0.499. The zero-order valence-electron chi connectivity index (χ0n) is 15.6. The van der Waals surface area contributed by atoms with Crippen LogP contribution < -0.4 is 10.9 Å². The number of amides is 3. The summed E-state index contributed by atoms with van der Waals surface area (Å²) in [5.74, 6) is -0.916. The first kappa shape index (κ1) is 18.6. The van der Waals surface area contributed by atoms with Crippen LogP contribution in [0.1, 0.15) is 44.0 Å². The van der Waals surface area contributed by atoms with Gasteiger partial charge in [-0.2, -0.15) is 0 Å². The van der Waals surface area contributed by atoms with Crippen LogP contribution in [0.3, 0.4) is 0 Å². The summed E-state index contributed by atoms with van der Waals surface area (Å²) in [6.07, 6.45) is 1.16. The lowest BCUT2D eigenvalue weighted by Crippen LogP contribution is -2.32. The third-order valence-corrected chi connectivity index (χ3v) is 4.97. The Labute approximate surface area is 166 Å². The van der Waals surface area contributed by atoms with Crippen molar-refractivity contribution in [1.82, 2.24) is 15.2 Å². The molecule has 0 fully saturated rings. The predicted octanol–water partition coefficient (Wildman–Crippen LogP) is 2.33. The molecule has 7 heteroatoms. The van der Waals surface area contributed by atoms with Crippen LogP contribution in [-0.2, 0) is 0 Å². The number of hydrogen-bond donors (Lipinski definition) is 2. The number of nitrogens with one attached hydrogen (secondary N) is 2. The number of pyridine rings is 1. The monoisotopic (exact) mass is 389 g/mol. The maximum absolute atomic E-state index is 12.3. The molecule has 0 atom stereocenters. The number of rotatable bonds is 6. The SMILES string of the molecule is O=C(NCCCCN1C(=O)c2ccccc2C1=O)c1cc2ccccc2c(=O)[nH]1. The number of unbranched alkanes of at least 4 members (excludes halogenated alkanes) is 1. The van der Waals surface area contributed by atoms with E-state index in [1.54, 1.807) is 48.5 Å². The molecule has 29 heavy (non-hydrogen) atoms. The van der Waals surface area contributed by atoms with Gasteiger partial charge >= 0.3 is 0 Å². The van der Waals surface area contributed by atoms with E-state index in [9.17, 15) is 19.2 Å². The number of carbonyl (C=O) groups excluding carboxylic acids is 3. The highest BCUT2D eigenvalue weighted by Crippen LogP contribution is 2.22. The molecular weight excluding hydrogens is 370 g/mol. The van der Waals surface area contributed by atoms with Crippen LogP contribution in [0.5, 0.6) is 0 Å². The second kappa shape index (κ2) is 7.71. The molecule has 2 N–H and O–H groups in total. The summed E-state index contributed by atoms with van der Waals surface area (Å²) >= 11 is 0. The molecule has 1 aliphatic rings. The van der Waals surface area contributed by atoms with Gasteiger partial charge in [0.2, 0.25) is 0 Å². The van der Waals surface area contributed by atoms with Gasteiger partial charge in [0.25, 0.3) is 23.3 Å². The first-order chi connectivity index (χ1) is 14.1. The highest BCUT2D eigenvalue weighted by atomic mass is 16.2. The first-order valence-corrected chi connectivity index (χ1v) is 9.42. The molecule has 3 amide bonds. The largest absolute Gasteiger partial charge is 0.351 e. The van der Waals surface area contributed by atoms with Crippen molar-refractivity contribution < 1.29 is 14.4 Å². The van der Waals surface area contributed by atoms with E-state index in [0.717, 1.165) is 0 Å². The molecule has 146 valence electrons. The molecule has 2 heterocycles. The topological polar surface area (TPSA) is 99.3 Å². The van der Waals surface area contributed by atoms with Crippen LogP contribution in [0.25, 0.3) is 10.8 Å². The molecule has 7 nitrogen and oxygen atoms in total. The number of hydrogen-bond acceptors (Lipinski definition) is 4. The molecule has 2 aromatic carbocycles. The minimum absolute atomic E-state index is 0.203. The molecule has 0 aliphatic carbocycles. The van der Waals surface area contributed by atoms with E-state index < -0.39 is 0 Å². The summed E-state index contributed by atoms with van der Waals surface area (Å²) in [5.41, 5.74) is 0.769. The minimum Gasteiger partial charge on any atom is -0.351 e. The van der Waals surface area contributed by atoms with E-state index in [2.05, 4.69) is 10.3 Å². The second-order valence-electron chi connectivity index (χ2n) is 6.87. The number of imide groups is 1. The summed E-state index contributed by atoms with van der Waals surface area (Å²) < 4.78 is 0. The fraction of sp³-hybridized carbons (Fsp3) is 0.182. The van der Waals surface area contributed by atoms with Crippen molar-refractivity contribution >= 4 is 28.5 Å². The van der Waals surface area contributed by atoms with Crippen LogP contribution >= 0.6 is 0 Å². The van der Waals surface area contributed by atoms with E-state index >= 15 is 0 Å². The van der Waals surface area contributed by atoms with Crippen LogP contribution in [0.4, 0.5) is 0 Å². The first-order valence-electron chi connectivity index (χ1n) is 9.42. The maximum Gasteiger partial charge on any atom is 0.267 e.